The van der Waals surface area contributed by atoms with Crippen molar-refractivity contribution in [3.63, 3.8) is 0 Å². The van der Waals surface area contributed by atoms with Crippen LogP contribution in [0, 0.1) is 6.92 Å². The van der Waals surface area contributed by atoms with Gasteiger partial charge in [-0.05, 0) is 67.5 Å². The van der Waals surface area contributed by atoms with Crippen LogP contribution < -0.4 is 10.4 Å². The molecule has 2 aromatic carbocycles. The van der Waals surface area contributed by atoms with Gasteiger partial charge in [-0.3, -0.25) is 4.79 Å². The number of benzene rings is 2. The first-order valence-electron chi connectivity index (χ1n) is 12.6. The van der Waals surface area contributed by atoms with E-state index in [-0.39, 0.29) is 24.7 Å². The Kier molecular flexibility index (Phi) is 5.74. The van der Waals surface area contributed by atoms with Crippen molar-refractivity contribution in [2.24, 2.45) is 0 Å². The minimum absolute atomic E-state index is 0.254. The van der Waals surface area contributed by atoms with E-state index in [2.05, 4.69) is 4.98 Å². The summed E-state index contributed by atoms with van der Waals surface area (Å²) in [4.78, 5) is 43.7. The standard InChI is InChI=1S/C29H28N2O6/c1-16-11-24(27-18-8-3-4-9-19(18)28(33)37-25(27)12-16)36-15-26(32)31-14-22-20(13-23(31)29(34)35-2)17-7-5-6-10-21(17)30-22/h5-7,10-12,23,30H,3-4,8-9,13-15H2,1-2H3/t23-/m0/s1. The number of H-pyrrole nitrogens is 1. The molecule has 2 aliphatic rings. The molecule has 190 valence electrons. The summed E-state index contributed by atoms with van der Waals surface area (Å²) >= 11 is 0. The number of aromatic amines is 1. The first-order valence-corrected chi connectivity index (χ1v) is 12.6. The lowest BCUT2D eigenvalue weighted by atomic mass is 9.90. The number of fused-ring (bicyclic) bond motifs is 6. The van der Waals surface area contributed by atoms with Crippen LogP contribution in [0.5, 0.6) is 5.75 Å². The van der Waals surface area contributed by atoms with Gasteiger partial charge in [0, 0.05) is 28.6 Å². The number of nitrogens with one attached hydrogen (secondary N) is 1. The molecular formula is C29H28N2O6. The average molecular weight is 501 g/mol. The maximum atomic E-state index is 13.5. The molecule has 0 spiro atoms. The van der Waals surface area contributed by atoms with Crippen molar-refractivity contribution in [1.82, 2.24) is 9.88 Å². The molecule has 6 rings (SSSR count). The molecule has 0 radical (unpaired) electrons. The Morgan fingerprint density at radius 3 is 2.70 bits per heavy atom. The molecule has 8 heteroatoms. The molecule has 0 unspecified atom stereocenters. The number of para-hydroxylation sites is 1. The first-order chi connectivity index (χ1) is 17.9. The van der Waals surface area contributed by atoms with Gasteiger partial charge in [0.15, 0.2) is 6.61 Å². The fourth-order valence-corrected chi connectivity index (χ4v) is 5.82. The molecular weight excluding hydrogens is 472 g/mol. The molecule has 0 fully saturated rings. The van der Waals surface area contributed by atoms with Crippen molar-refractivity contribution in [3.05, 3.63) is 74.8 Å². The highest BCUT2D eigenvalue weighted by atomic mass is 16.5. The number of carbonyl (C=O) groups is 2. The Bertz CT molecular complexity index is 1610. The quantitative estimate of drug-likeness (QED) is 0.336. The summed E-state index contributed by atoms with van der Waals surface area (Å²) in [7, 11) is 1.34. The Morgan fingerprint density at radius 1 is 1.11 bits per heavy atom. The zero-order valence-corrected chi connectivity index (χ0v) is 20.9. The number of aryl methyl sites for hydroxylation is 2. The SMILES string of the molecule is COC(=O)[C@@H]1Cc2c([nH]c3ccccc23)CN1C(=O)COc1cc(C)cc2oc(=O)c3c(c12)CCCC3. The van der Waals surface area contributed by atoms with Crippen LogP contribution >= 0.6 is 0 Å². The Hall–Kier alpha value is -4.07. The van der Waals surface area contributed by atoms with Crippen LogP contribution in [0.25, 0.3) is 21.9 Å². The van der Waals surface area contributed by atoms with Crippen LogP contribution in [0.4, 0.5) is 0 Å². The molecule has 8 nitrogen and oxygen atoms in total. The third kappa shape index (κ3) is 3.97. The van der Waals surface area contributed by atoms with Crippen molar-refractivity contribution in [3.8, 4) is 5.75 Å². The van der Waals surface area contributed by atoms with Gasteiger partial charge in [-0.2, -0.15) is 0 Å². The van der Waals surface area contributed by atoms with Crippen LogP contribution in [0.1, 0.15) is 40.8 Å². The number of amides is 1. The average Bonchev–Trinajstić information content (AvgIpc) is 3.28. The van der Waals surface area contributed by atoms with E-state index in [0.717, 1.165) is 57.9 Å². The molecule has 3 heterocycles. The molecule has 4 aromatic rings. The monoisotopic (exact) mass is 500 g/mol. The Balaban J connectivity index is 1.32. The van der Waals surface area contributed by atoms with Gasteiger partial charge < -0.3 is 23.8 Å². The highest BCUT2D eigenvalue weighted by Gasteiger charge is 2.37. The van der Waals surface area contributed by atoms with Crippen LogP contribution in [0.3, 0.4) is 0 Å². The summed E-state index contributed by atoms with van der Waals surface area (Å²) in [5.41, 5.74) is 5.61. The lowest BCUT2D eigenvalue weighted by Crippen LogP contribution is -2.50. The molecule has 1 aliphatic heterocycles. The summed E-state index contributed by atoms with van der Waals surface area (Å²) in [6.45, 7) is 1.89. The fourth-order valence-electron chi connectivity index (χ4n) is 5.82. The number of carbonyl (C=O) groups excluding carboxylic acids is 2. The number of esters is 1. The van der Waals surface area contributed by atoms with E-state index in [4.69, 9.17) is 13.9 Å². The highest BCUT2D eigenvalue weighted by molar-refractivity contribution is 5.91. The number of hydrogen-bond donors (Lipinski definition) is 1. The van der Waals surface area contributed by atoms with Gasteiger partial charge in [0.2, 0.25) is 0 Å². The maximum Gasteiger partial charge on any atom is 0.339 e. The van der Waals surface area contributed by atoms with Crippen molar-refractivity contribution in [2.45, 2.75) is 51.6 Å². The number of methoxy groups -OCH3 is 1. The summed E-state index contributed by atoms with van der Waals surface area (Å²) in [5, 5.41) is 1.81. The lowest BCUT2D eigenvalue weighted by molar-refractivity contribution is -0.154. The molecule has 0 bridgehead atoms. The van der Waals surface area contributed by atoms with Crippen LogP contribution in [-0.2, 0) is 40.1 Å². The lowest BCUT2D eigenvalue weighted by Gasteiger charge is -2.34. The van der Waals surface area contributed by atoms with Crippen molar-refractivity contribution >= 4 is 33.7 Å². The number of rotatable bonds is 4. The van der Waals surface area contributed by atoms with Gasteiger partial charge >= 0.3 is 11.6 Å². The van der Waals surface area contributed by atoms with Gasteiger partial charge in [-0.1, -0.05) is 18.2 Å². The molecule has 0 saturated carbocycles. The van der Waals surface area contributed by atoms with Crippen LogP contribution in [0.2, 0.25) is 0 Å². The molecule has 2 aromatic heterocycles. The summed E-state index contributed by atoms with van der Waals surface area (Å²) in [6.07, 6.45) is 3.75. The number of ether oxygens (including phenoxy) is 2. The molecule has 1 aliphatic carbocycles. The van der Waals surface area contributed by atoms with Crippen LogP contribution in [-0.4, -0.2) is 41.5 Å². The summed E-state index contributed by atoms with van der Waals surface area (Å²) in [5.74, 6) is -0.259. The Labute approximate surface area is 213 Å². The van der Waals surface area contributed by atoms with Crippen molar-refractivity contribution < 1.29 is 23.5 Å². The zero-order valence-electron chi connectivity index (χ0n) is 20.9. The van der Waals surface area contributed by atoms with Gasteiger partial charge in [-0.25, -0.2) is 9.59 Å². The minimum atomic E-state index is -0.743. The summed E-state index contributed by atoms with van der Waals surface area (Å²) in [6, 6.07) is 10.9. The van der Waals surface area contributed by atoms with E-state index in [9.17, 15) is 14.4 Å². The molecule has 37 heavy (non-hydrogen) atoms. The van der Waals surface area contributed by atoms with E-state index < -0.39 is 12.0 Å². The van der Waals surface area contributed by atoms with Crippen molar-refractivity contribution in [2.75, 3.05) is 13.7 Å². The number of nitrogens with zero attached hydrogens (tertiary/aromatic N) is 1. The molecule has 0 saturated heterocycles. The molecule has 1 amide bonds. The minimum Gasteiger partial charge on any atom is -0.483 e. The smallest absolute Gasteiger partial charge is 0.339 e. The maximum absolute atomic E-state index is 13.5. The van der Waals surface area contributed by atoms with E-state index >= 15 is 0 Å². The second-order valence-electron chi connectivity index (χ2n) is 9.87. The van der Waals surface area contributed by atoms with Crippen molar-refractivity contribution in [1.29, 1.82) is 0 Å². The predicted molar refractivity (Wildman–Crippen MR) is 138 cm³/mol. The molecule has 1 atom stereocenters. The van der Waals surface area contributed by atoms with Gasteiger partial charge in [0.1, 0.15) is 17.4 Å². The largest absolute Gasteiger partial charge is 0.483 e. The third-order valence-electron chi connectivity index (χ3n) is 7.58. The van der Waals surface area contributed by atoms with E-state index in [1.165, 1.54) is 12.0 Å². The number of aromatic nitrogens is 1. The number of hydrogen-bond acceptors (Lipinski definition) is 6. The topological polar surface area (TPSA) is 102 Å². The van der Waals surface area contributed by atoms with Gasteiger partial charge in [0.25, 0.3) is 5.91 Å². The Morgan fingerprint density at radius 2 is 1.89 bits per heavy atom. The molecule has 1 N–H and O–H groups in total. The normalized spacial score (nSPS) is 16.9. The second-order valence-corrected chi connectivity index (χ2v) is 9.87. The predicted octanol–water partition coefficient (Wildman–Crippen LogP) is 3.97. The second kappa shape index (κ2) is 9.10. The van der Waals surface area contributed by atoms with Gasteiger partial charge in [0.05, 0.1) is 19.0 Å². The fraction of sp³-hybridized carbons (Fsp3) is 0.345. The third-order valence-corrected chi connectivity index (χ3v) is 7.58. The van der Waals surface area contributed by atoms with Crippen LogP contribution in [0.15, 0.2) is 45.6 Å². The van der Waals surface area contributed by atoms with E-state index in [1.54, 1.807) is 0 Å². The van der Waals surface area contributed by atoms with E-state index in [0.29, 0.717) is 29.7 Å². The first kappa shape index (κ1) is 23.3. The zero-order chi connectivity index (χ0) is 25.7. The van der Waals surface area contributed by atoms with E-state index in [1.807, 2.05) is 43.3 Å². The summed E-state index contributed by atoms with van der Waals surface area (Å²) < 4.78 is 16.8. The van der Waals surface area contributed by atoms with Gasteiger partial charge in [-0.15, -0.1) is 0 Å². The highest BCUT2D eigenvalue weighted by Crippen LogP contribution is 2.35.